The van der Waals surface area contributed by atoms with Crippen LogP contribution in [-0.4, -0.2) is 56.5 Å². The Kier molecular flexibility index (Phi) is 5.08. The van der Waals surface area contributed by atoms with Crippen molar-refractivity contribution in [2.45, 2.75) is 82.4 Å². The van der Waals surface area contributed by atoms with Crippen molar-refractivity contribution in [1.82, 2.24) is 0 Å². The van der Waals surface area contributed by atoms with E-state index >= 15 is 0 Å². The van der Waals surface area contributed by atoms with E-state index in [2.05, 4.69) is 0 Å². The minimum atomic E-state index is -1.81. The van der Waals surface area contributed by atoms with Crippen LogP contribution in [0.3, 0.4) is 0 Å². The average Bonchev–Trinajstić information content (AvgIpc) is 2.81. The maximum Gasteiger partial charge on any atom is 0.343 e. The van der Waals surface area contributed by atoms with Gasteiger partial charge in [0, 0.05) is 29.9 Å². The van der Waals surface area contributed by atoms with E-state index in [1.54, 1.807) is 65.1 Å². The highest BCUT2D eigenvalue weighted by Crippen LogP contribution is 2.67. The Bertz CT molecular complexity index is 1220. The van der Waals surface area contributed by atoms with E-state index in [9.17, 15) is 25.2 Å². The third-order valence-electron chi connectivity index (χ3n) is 9.72. The topological polar surface area (TPSA) is 130 Å². The Balaban J connectivity index is 1.64. The Morgan fingerprint density at radius 2 is 1.63 bits per heavy atom. The van der Waals surface area contributed by atoms with Crippen molar-refractivity contribution in [2.75, 3.05) is 7.11 Å². The van der Waals surface area contributed by atoms with Crippen molar-refractivity contribution < 1.29 is 34.3 Å². The molecule has 0 unspecified atom stereocenters. The fourth-order valence-corrected chi connectivity index (χ4v) is 6.99. The van der Waals surface area contributed by atoms with Gasteiger partial charge in [0.15, 0.2) is 0 Å². The normalized spacial score (nSPS) is 39.6. The van der Waals surface area contributed by atoms with Gasteiger partial charge in [0.2, 0.25) is 0 Å². The number of hydrogen-bond acceptors (Lipinski definition) is 8. The third-order valence-corrected chi connectivity index (χ3v) is 9.72. The SMILES string of the molecule is COc1ccc(-c2cc3c(c(=O)o2)C[C@]2(O)[C@@]4(C)[C@H](O)C[C@@H](O)C(C)(C)[C@]4(O)CC[C@@]2(C)O3)cc1. The molecule has 5 rings (SSSR count). The van der Waals surface area contributed by atoms with Gasteiger partial charge in [0.25, 0.3) is 0 Å². The zero-order valence-corrected chi connectivity index (χ0v) is 20.8. The van der Waals surface area contributed by atoms with Gasteiger partial charge in [-0.05, 0) is 44.0 Å². The van der Waals surface area contributed by atoms with Gasteiger partial charge in [-0.1, -0.05) is 20.8 Å². The number of aliphatic hydroxyl groups excluding tert-OH is 2. The molecule has 8 nitrogen and oxygen atoms in total. The Hall–Kier alpha value is -2.39. The quantitative estimate of drug-likeness (QED) is 0.509. The van der Waals surface area contributed by atoms with Crippen LogP contribution in [0.2, 0.25) is 0 Å². The maximum atomic E-state index is 13.2. The second-order valence-corrected chi connectivity index (χ2v) is 11.4. The summed E-state index contributed by atoms with van der Waals surface area (Å²) >= 11 is 0. The van der Waals surface area contributed by atoms with Gasteiger partial charge in [-0.25, -0.2) is 4.79 Å². The molecule has 2 saturated carbocycles. The van der Waals surface area contributed by atoms with E-state index in [1.165, 1.54) is 0 Å². The number of methoxy groups -OCH3 is 1. The maximum absolute atomic E-state index is 13.2. The van der Waals surface area contributed by atoms with Crippen molar-refractivity contribution in [3.05, 3.63) is 46.3 Å². The van der Waals surface area contributed by atoms with Crippen molar-refractivity contribution in [1.29, 1.82) is 0 Å². The second kappa shape index (κ2) is 7.32. The van der Waals surface area contributed by atoms with Gasteiger partial charge in [-0.3, -0.25) is 0 Å². The lowest BCUT2D eigenvalue weighted by molar-refractivity contribution is -0.365. The summed E-state index contributed by atoms with van der Waals surface area (Å²) in [6.45, 7) is 6.90. The molecule has 2 fully saturated rings. The van der Waals surface area contributed by atoms with Crippen LogP contribution in [0.15, 0.2) is 39.5 Å². The van der Waals surface area contributed by atoms with Gasteiger partial charge in [-0.2, -0.15) is 0 Å². The first kappa shape index (κ1) is 24.3. The van der Waals surface area contributed by atoms with Crippen LogP contribution in [0, 0.1) is 10.8 Å². The van der Waals surface area contributed by atoms with Gasteiger partial charge < -0.3 is 34.3 Å². The molecule has 1 aliphatic heterocycles. The zero-order valence-electron chi connectivity index (χ0n) is 20.8. The molecule has 0 bridgehead atoms. The van der Waals surface area contributed by atoms with Crippen molar-refractivity contribution in [2.24, 2.45) is 10.8 Å². The number of ether oxygens (including phenoxy) is 2. The summed E-state index contributed by atoms with van der Waals surface area (Å²) < 4.78 is 17.2. The van der Waals surface area contributed by atoms with E-state index < -0.39 is 45.5 Å². The summed E-state index contributed by atoms with van der Waals surface area (Å²) in [6.07, 6.45) is -1.90. The van der Waals surface area contributed by atoms with E-state index in [4.69, 9.17) is 13.9 Å². The molecule has 8 heteroatoms. The van der Waals surface area contributed by atoms with Crippen LogP contribution in [0.5, 0.6) is 11.5 Å². The smallest absolute Gasteiger partial charge is 0.343 e. The van der Waals surface area contributed by atoms with Gasteiger partial charge in [0.1, 0.15) is 28.5 Å². The fourth-order valence-electron chi connectivity index (χ4n) is 6.99. The van der Waals surface area contributed by atoms with Crippen LogP contribution in [0.25, 0.3) is 11.3 Å². The molecule has 35 heavy (non-hydrogen) atoms. The molecule has 0 amide bonds. The van der Waals surface area contributed by atoms with Crippen LogP contribution in [-0.2, 0) is 6.42 Å². The predicted octanol–water partition coefficient (Wildman–Crippen LogP) is 2.42. The first-order chi connectivity index (χ1) is 16.2. The van der Waals surface area contributed by atoms with Gasteiger partial charge in [0.05, 0.1) is 35.9 Å². The first-order valence-electron chi connectivity index (χ1n) is 12.1. The summed E-state index contributed by atoms with van der Waals surface area (Å²) in [5.41, 5.74) is -6.96. The first-order valence-corrected chi connectivity index (χ1v) is 12.1. The molecule has 0 radical (unpaired) electrons. The highest BCUT2D eigenvalue weighted by molar-refractivity contribution is 5.61. The lowest BCUT2D eigenvalue weighted by Crippen LogP contribution is -2.84. The molecule has 0 spiro atoms. The second-order valence-electron chi connectivity index (χ2n) is 11.4. The highest BCUT2D eigenvalue weighted by atomic mass is 16.5. The molecule has 4 N–H and O–H groups in total. The van der Waals surface area contributed by atoms with E-state index in [0.29, 0.717) is 22.8 Å². The van der Waals surface area contributed by atoms with Crippen LogP contribution in [0.1, 0.15) is 52.5 Å². The molecule has 2 aliphatic carbocycles. The molecule has 1 aromatic heterocycles. The molecule has 1 aromatic carbocycles. The highest BCUT2D eigenvalue weighted by Gasteiger charge is 2.79. The van der Waals surface area contributed by atoms with Gasteiger partial charge >= 0.3 is 5.63 Å². The largest absolute Gasteiger partial charge is 0.497 e. The Morgan fingerprint density at radius 1 is 0.971 bits per heavy atom. The lowest BCUT2D eigenvalue weighted by Gasteiger charge is -2.72. The molecule has 2 heterocycles. The van der Waals surface area contributed by atoms with Crippen molar-refractivity contribution in [3.63, 3.8) is 0 Å². The number of rotatable bonds is 2. The Morgan fingerprint density at radius 3 is 2.26 bits per heavy atom. The minimum absolute atomic E-state index is 0.0118. The summed E-state index contributed by atoms with van der Waals surface area (Å²) in [5, 5.41) is 46.4. The van der Waals surface area contributed by atoms with E-state index in [0.717, 1.165) is 0 Å². The predicted molar refractivity (Wildman–Crippen MR) is 127 cm³/mol. The molecular weight excluding hydrogens is 452 g/mol. The van der Waals surface area contributed by atoms with Crippen molar-refractivity contribution >= 4 is 0 Å². The summed E-state index contributed by atoms with van der Waals surface area (Å²) in [4.78, 5) is 13.2. The number of aliphatic hydroxyl groups is 4. The minimum Gasteiger partial charge on any atom is -0.497 e. The standard InChI is InChI=1S/C27H34O8/c1-23(2)20(28)13-21(29)25(4)26(23,31)11-10-24(3)27(25,32)14-17-19(35-24)12-18(34-22(17)30)15-6-8-16(33-5)9-7-15/h6-9,12,20-21,28-29,31-32H,10-11,13-14H2,1-5H3/t20-,21-,24-,25+,26-,27-/m1/s1. The average molecular weight is 487 g/mol. The molecule has 2 aromatic rings. The lowest BCUT2D eigenvalue weighted by atomic mass is 9.39. The molecular formula is C27H34O8. The Labute approximate surface area is 204 Å². The number of hydrogen-bond donors (Lipinski definition) is 4. The summed E-state index contributed by atoms with van der Waals surface area (Å²) in [6, 6.07) is 8.73. The molecule has 190 valence electrons. The third kappa shape index (κ3) is 2.85. The molecule has 6 atom stereocenters. The summed E-state index contributed by atoms with van der Waals surface area (Å²) in [5.74, 6) is 1.31. The molecule has 3 aliphatic rings. The van der Waals surface area contributed by atoms with Crippen molar-refractivity contribution in [3.8, 4) is 22.8 Å². The van der Waals surface area contributed by atoms with E-state index in [-0.39, 0.29) is 31.2 Å². The molecule has 0 saturated heterocycles. The number of benzene rings is 1. The van der Waals surface area contributed by atoms with Crippen LogP contribution >= 0.6 is 0 Å². The fraction of sp³-hybridized carbons (Fsp3) is 0.593. The number of fused-ring (bicyclic) bond motifs is 4. The van der Waals surface area contributed by atoms with E-state index in [1.807, 2.05) is 0 Å². The zero-order chi connectivity index (χ0) is 25.6. The van der Waals surface area contributed by atoms with Crippen LogP contribution in [0.4, 0.5) is 0 Å². The summed E-state index contributed by atoms with van der Waals surface area (Å²) in [7, 11) is 1.57. The van der Waals surface area contributed by atoms with Crippen LogP contribution < -0.4 is 15.1 Å². The monoisotopic (exact) mass is 486 g/mol. The van der Waals surface area contributed by atoms with Gasteiger partial charge in [-0.15, -0.1) is 0 Å².